The van der Waals surface area contributed by atoms with Crippen molar-refractivity contribution in [3.05, 3.63) is 64.9 Å². The number of likely N-dealkylation sites (tertiary alicyclic amines) is 1. The number of nitrogens with one attached hydrogen (secondary N) is 2. The van der Waals surface area contributed by atoms with Crippen LogP contribution in [0.2, 0.25) is 5.02 Å². The number of nitrogens with zero attached hydrogens (tertiary/aromatic N) is 1. The van der Waals surface area contributed by atoms with E-state index in [0.29, 0.717) is 31.0 Å². The van der Waals surface area contributed by atoms with Gasteiger partial charge in [-0.2, -0.15) is 0 Å². The fraction of sp³-hybridized carbons (Fsp3) is 0.391. The van der Waals surface area contributed by atoms with E-state index in [1.54, 1.807) is 11.0 Å². The predicted octanol–water partition coefficient (Wildman–Crippen LogP) is 4.18. The van der Waals surface area contributed by atoms with Crippen LogP contribution < -0.4 is 10.6 Å². The quantitative estimate of drug-likeness (QED) is 0.721. The minimum atomic E-state index is -0.589. The largest absolute Gasteiger partial charge is 0.342 e. The molecule has 0 aromatic heterocycles. The molecule has 1 heterocycles. The fourth-order valence-corrected chi connectivity index (χ4v) is 4.06. The number of anilines is 1. The lowest BCUT2D eigenvalue weighted by Crippen LogP contribution is -2.48. The van der Waals surface area contributed by atoms with Gasteiger partial charge in [-0.15, -0.1) is 0 Å². The Labute approximate surface area is 181 Å². The number of carbonyl (C=O) groups is 2. The van der Waals surface area contributed by atoms with Crippen molar-refractivity contribution in [2.24, 2.45) is 5.92 Å². The molecule has 30 heavy (non-hydrogen) atoms. The zero-order chi connectivity index (χ0) is 21.7. The Morgan fingerprint density at radius 2 is 1.80 bits per heavy atom. The Hall–Kier alpha value is -2.44. The molecule has 0 bridgehead atoms. The Balaban J connectivity index is 1.48. The maximum absolute atomic E-state index is 13.3. The molecule has 2 aromatic carbocycles. The SMILES string of the molecule is CC(C)(NCC(=O)N1CCC(C(=O)Nc2ccccc2)CC1)c1ccc(F)cc1Cl. The smallest absolute Gasteiger partial charge is 0.236 e. The highest BCUT2D eigenvalue weighted by molar-refractivity contribution is 6.31. The van der Waals surface area contributed by atoms with E-state index < -0.39 is 11.4 Å². The van der Waals surface area contributed by atoms with Crippen LogP contribution in [0.25, 0.3) is 0 Å². The number of para-hydroxylation sites is 1. The van der Waals surface area contributed by atoms with Crippen LogP contribution in [0.4, 0.5) is 10.1 Å². The second-order valence-corrected chi connectivity index (χ2v) is 8.52. The molecule has 1 fully saturated rings. The zero-order valence-electron chi connectivity index (χ0n) is 17.3. The topological polar surface area (TPSA) is 61.4 Å². The number of piperidine rings is 1. The van der Waals surface area contributed by atoms with Crippen LogP contribution in [0.5, 0.6) is 0 Å². The Bertz CT molecular complexity index is 897. The van der Waals surface area contributed by atoms with Gasteiger partial charge in [-0.05, 0) is 56.5 Å². The van der Waals surface area contributed by atoms with Crippen molar-refractivity contribution in [1.82, 2.24) is 10.2 Å². The average Bonchev–Trinajstić information content (AvgIpc) is 2.72. The number of hydrogen-bond donors (Lipinski definition) is 2. The molecule has 0 radical (unpaired) electrons. The maximum Gasteiger partial charge on any atom is 0.236 e. The van der Waals surface area contributed by atoms with Gasteiger partial charge in [0.05, 0.1) is 6.54 Å². The highest BCUT2D eigenvalue weighted by atomic mass is 35.5. The van der Waals surface area contributed by atoms with E-state index in [4.69, 9.17) is 11.6 Å². The van der Waals surface area contributed by atoms with Crippen LogP contribution in [-0.4, -0.2) is 36.3 Å². The number of halogens is 2. The molecule has 2 aromatic rings. The molecule has 0 saturated carbocycles. The number of benzene rings is 2. The van der Waals surface area contributed by atoms with Gasteiger partial charge in [0.15, 0.2) is 0 Å². The maximum atomic E-state index is 13.3. The van der Waals surface area contributed by atoms with Gasteiger partial charge in [0.2, 0.25) is 11.8 Å². The lowest BCUT2D eigenvalue weighted by atomic mass is 9.93. The second-order valence-electron chi connectivity index (χ2n) is 8.11. The van der Waals surface area contributed by atoms with Gasteiger partial charge in [-0.25, -0.2) is 4.39 Å². The molecule has 0 spiro atoms. The molecule has 1 aliphatic heterocycles. The van der Waals surface area contributed by atoms with Crippen LogP contribution >= 0.6 is 11.6 Å². The lowest BCUT2D eigenvalue weighted by Gasteiger charge is -2.33. The Kier molecular flexibility index (Phi) is 7.10. The average molecular weight is 432 g/mol. The highest BCUT2D eigenvalue weighted by Gasteiger charge is 2.29. The first-order chi connectivity index (χ1) is 14.3. The Morgan fingerprint density at radius 1 is 1.13 bits per heavy atom. The molecule has 2 amide bonds. The van der Waals surface area contributed by atoms with Crippen LogP contribution in [0.1, 0.15) is 32.3 Å². The molecule has 160 valence electrons. The fourth-order valence-electron chi connectivity index (χ4n) is 3.66. The summed E-state index contributed by atoms with van der Waals surface area (Å²) in [6.45, 7) is 5.04. The molecule has 0 aliphatic carbocycles. The van der Waals surface area contributed by atoms with E-state index in [9.17, 15) is 14.0 Å². The van der Waals surface area contributed by atoms with Gasteiger partial charge < -0.3 is 10.2 Å². The summed E-state index contributed by atoms with van der Waals surface area (Å²) in [4.78, 5) is 26.9. The first kappa shape index (κ1) is 22.2. The summed E-state index contributed by atoms with van der Waals surface area (Å²) < 4.78 is 13.3. The molecule has 1 aliphatic rings. The van der Waals surface area contributed by atoms with Crippen molar-refractivity contribution in [3.8, 4) is 0 Å². The van der Waals surface area contributed by atoms with Gasteiger partial charge in [0.1, 0.15) is 5.82 Å². The summed E-state index contributed by atoms with van der Waals surface area (Å²) in [7, 11) is 0. The van der Waals surface area contributed by atoms with Crippen LogP contribution in [0, 0.1) is 11.7 Å². The van der Waals surface area contributed by atoms with E-state index in [1.807, 2.05) is 44.2 Å². The molecular formula is C23H27ClFN3O2. The summed E-state index contributed by atoms with van der Waals surface area (Å²) >= 11 is 6.17. The molecule has 5 nitrogen and oxygen atoms in total. The van der Waals surface area contributed by atoms with Crippen molar-refractivity contribution in [1.29, 1.82) is 0 Å². The number of hydrogen-bond acceptors (Lipinski definition) is 3. The summed E-state index contributed by atoms with van der Waals surface area (Å²) in [6.07, 6.45) is 1.27. The third kappa shape index (κ3) is 5.58. The summed E-state index contributed by atoms with van der Waals surface area (Å²) in [5, 5.41) is 6.48. The molecule has 3 rings (SSSR count). The minimum absolute atomic E-state index is 0.00138. The van der Waals surface area contributed by atoms with Gasteiger partial charge in [-0.1, -0.05) is 35.9 Å². The van der Waals surface area contributed by atoms with Gasteiger partial charge in [0.25, 0.3) is 0 Å². The predicted molar refractivity (Wildman–Crippen MR) is 117 cm³/mol. The third-order valence-corrected chi connectivity index (χ3v) is 5.86. The number of amides is 2. The monoisotopic (exact) mass is 431 g/mol. The first-order valence-corrected chi connectivity index (χ1v) is 10.5. The molecular weight excluding hydrogens is 405 g/mol. The van der Waals surface area contributed by atoms with Crippen molar-refractivity contribution < 1.29 is 14.0 Å². The van der Waals surface area contributed by atoms with E-state index >= 15 is 0 Å². The van der Waals surface area contributed by atoms with Crippen LogP contribution in [0.3, 0.4) is 0 Å². The van der Waals surface area contributed by atoms with Crippen molar-refractivity contribution in [2.75, 3.05) is 25.0 Å². The molecule has 1 saturated heterocycles. The number of carbonyl (C=O) groups excluding carboxylic acids is 2. The normalized spacial score (nSPS) is 15.1. The van der Waals surface area contributed by atoms with Crippen molar-refractivity contribution in [2.45, 2.75) is 32.2 Å². The van der Waals surface area contributed by atoms with E-state index in [1.165, 1.54) is 12.1 Å². The third-order valence-electron chi connectivity index (χ3n) is 5.55. The van der Waals surface area contributed by atoms with Crippen LogP contribution in [0.15, 0.2) is 48.5 Å². The van der Waals surface area contributed by atoms with Crippen molar-refractivity contribution >= 4 is 29.1 Å². The summed E-state index contributed by atoms with van der Waals surface area (Å²) in [5.41, 5.74) is 0.926. The minimum Gasteiger partial charge on any atom is -0.342 e. The van der Waals surface area contributed by atoms with Gasteiger partial charge in [0, 0.05) is 35.3 Å². The molecule has 0 atom stereocenters. The van der Waals surface area contributed by atoms with Crippen LogP contribution in [-0.2, 0) is 15.1 Å². The Morgan fingerprint density at radius 3 is 2.43 bits per heavy atom. The molecule has 2 N–H and O–H groups in total. The first-order valence-electron chi connectivity index (χ1n) is 10.1. The van der Waals surface area contributed by atoms with E-state index in [0.717, 1.165) is 11.3 Å². The lowest BCUT2D eigenvalue weighted by molar-refractivity contribution is -0.134. The van der Waals surface area contributed by atoms with Crippen molar-refractivity contribution in [3.63, 3.8) is 0 Å². The molecule has 7 heteroatoms. The van der Waals surface area contributed by atoms with E-state index in [-0.39, 0.29) is 24.3 Å². The van der Waals surface area contributed by atoms with Gasteiger partial charge >= 0.3 is 0 Å². The summed E-state index contributed by atoms with van der Waals surface area (Å²) in [6, 6.07) is 13.6. The highest BCUT2D eigenvalue weighted by Crippen LogP contribution is 2.28. The number of rotatable bonds is 6. The zero-order valence-corrected chi connectivity index (χ0v) is 18.0. The standard InChI is InChI=1S/C23H27ClFN3O2/c1-23(2,19-9-8-17(25)14-20(19)24)26-15-21(29)28-12-10-16(11-13-28)22(30)27-18-6-4-3-5-7-18/h3-9,14,16,26H,10-13,15H2,1-2H3,(H,27,30). The van der Waals surface area contributed by atoms with Gasteiger partial charge in [-0.3, -0.25) is 14.9 Å². The summed E-state index contributed by atoms with van der Waals surface area (Å²) in [5.74, 6) is -0.520. The van der Waals surface area contributed by atoms with E-state index in [2.05, 4.69) is 10.6 Å². The molecule has 0 unspecified atom stereocenters. The second kappa shape index (κ2) is 9.58.